The van der Waals surface area contributed by atoms with Crippen molar-refractivity contribution in [1.29, 1.82) is 0 Å². The number of halogens is 2. The van der Waals surface area contributed by atoms with E-state index in [1.807, 2.05) is 24.3 Å². The summed E-state index contributed by atoms with van der Waals surface area (Å²) in [5.41, 5.74) is 1.04. The number of ether oxygens (including phenoxy) is 1. The molecule has 1 N–H and O–H groups in total. The first kappa shape index (κ1) is 16.4. The predicted octanol–water partition coefficient (Wildman–Crippen LogP) is 4.50. The first-order valence-electron chi connectivity index (χ1n) is 7.23. The van der Waals surface area contributed by atoms with Crippen molar-refractivity contribution in [2.45, 2.75) is 13.0 Å². The van der Waals surface area contributed by atoms with Crippen LogP contribution in [0.15, 0.2) is 53.1 Å². The van der Waals surface area contributed by atoms with Gasteiger partial charge in [-0.25, -0.2) is 9.18 Å². The number of fused-ring (bicyclic) bond motifs is 1. The lowest BCUT2D eigenvalue weighted by Crippen LogP contribution is -2.24. The second-order valence-corrected chi connectivity index (χ2v) is 6.20. The Labute approximate surface area is 145 Å². The average molecular weight is 390 g/mol. The summed E-state index contributed by atoms with van der Waals surface area (Å²) in [5.74, 6) is -1.93. The van der Waals surface area contributed by atoms with Gasteiger partial charge in [0.1, 0.15) is 5.82 Å². The molecule has 1 atom stereocenters. The summed E-state index contributed by atoms with van der Waals surface area (Å²) in [7, 11) is 0. The fourth-order valence-electron chi connectivity index (χ4n) is 2.43. The van der Waals surface area contributed by atoms with Gasteiger partial charge in [-0.05, 0) is 31.2 Å². The molecule has 0 bridgehead atoms. The zero-order valence-electron chi connectivity index (χ0n) is 12.7. The van der Waals surface area contributed by atoms with E-state index in [0.717, 1.165) is 10.9 Å². The van der Waals surface area contributed by atoms with Crippen molar-refractivity contribution in [3.63, 3.8) is 0 Å². The third-order valence-electron chi connectivity index (χ3n) is 3.66. The van der Waals surface area contributed by atoms with Crippen molar-refractivity contribution in [2.75, 3.05) is 0 Å². The number of aromatic nitrogens is 1. The van der Waals surface area contributed by atoms with E-state index in [4.69, 9.17) is 4.74 Å². The van der Waals surface area contributed by atoms with Crippen LogP contribution in [0.1, 0.15) is 27.6 Å². The summed E-state index contributed by atoms with van der Waals surface area (Å²) < 4.78 is 19.5. The minimum Gasteiger partial charge on any atom is -0.451 e. The van der Waals surface area contributed by atoms with Gasteiger partial charge in [0.05, 0.1) is 5.56 Å². The molecule has 0 unspecified atom stereocenters. The number of carbonyl (C=O) groups excluding carboxylic acids is 2. The zero-order chi connectivity index (χ0) is 17.3. The molecule has 122 valence electrons. The van der Waals surface area contributed by atoms with Crippen LogP contribution < -0.4 is 0 Å². The Kier molecular flexibility index (Phi) is 4.49. The topological polar surface area (TPSA) is 59.2 Å². The van der Waals surface area contributed by atoms with Crippen molar-refractivity contribution in [2.24, 2.45) is 0 Å². The van der Waals surface area contributed by atoms with Crippen LogP contribution in [0.3, 0.4) is 0 Å². The fraction of sp³-hybridized carbons (Fsp3) is 0.111. The van der Waals surface area contributed by atoms with Gasteiger partial charge in [0.15, 0.2) is 6.10 Å². The molecule has 1 heterocycles. The number of para-hydroxylation sites is 1. The third kappa shape index (κ3) is 3.10. The highest BCUT2D eigenvalue weighted by Crippen LogP contribution is 2.21. The molecule has 0 aliphatic carbocycles. The van der Waals surface area contributed by atoms with Gasteiger partial charge >= 0.3 is 5.97 Å². The van der Waals surface area contributed by atoms with Gasteiger partial charge in [-0.15, -0.1) is 0 Å². The number of rotatable bonds is 4. The molecule has 0 aliphatic heterocycles. The molecule has 0 radical (unpaired) electrons. The lowest BCUT2D eigenvalue weighted by molar-refractivity contribution is 0.0315. The lowest BCUT2D eigenvalue weighted by atomic mass is 10.1. The molecule has 4 nitrogen and oxygen atoms in total. The maximum absolute atomic E-state index is 13.8. The maximum Gasteiger partial charge on any atom is 0.341 e. The van der Waals surface area contributed by atoms with Crippen molar-refractivity contribution >= 4 is 38.6 Å². The molecule has 3 aromatic rings. The second kappa shape index (κ2) is 6.57. The van der Waals surface area contributed by atoms with E-state index in [0.29, 0.717) is 10.0 Å². The van der Waals surface area contributed by atoms with Gasteiger partial charge < -0.3 is 9.72 Å². The van der Waals surface area contributed by atoms with E-state index >= 15 is 0 Å². The van der Waals surface area contributed by atoms with E-state index in [-0.39, 0.29) is 11.3 Å². The molecular weight excluding hydrogens is 377 g/mol. The number of hydrogen-bond donors (Lipinski definition) is 1. The van der Waals surface area contributed by atoms with Crippen LogP contribution >= 0.6 is 15.9 Å². The molecule has 0 aliphatic rings. The molecule has 0 saturated carbocycles. The number of benzene rings is 2. The normalized spacial score (nSPS) is 12.1. The van der Waals surface area contributed by atoms with Crippen LogP contribution in [-0.2, 0) is 4.74 Å². The van der Waals surface area contributed by atoms with E-state index in [1.165, 1.54) is 25.1 Å². The summed E-state index contributed by atoms with van der Waals surface area (Å²) in [5, 5.41) is 0.750. The Morgan fingerprint density at radius 3 is 2.67 bits per heavy atom. The van der Waals surface area contributed by atoms with Gasteiger partial charge in [0.25, 0.3) is 0 Å². The van der Waals surface area contributed by atoms with E-state index < -0.39 is 17.9 Å². The minimum absolute atomic E-state index is 0.211. The van der Waals surface area contributed by atoms with E-state index in [9.17, 15) is 14.0 Å². The van der Waals surface area contributed by atoms with Crippen LogP contribution in [0.5, 0.6) is 0 Å². The Hall–Kier alpha value is -2.47. The highest BCUT2D eigenvalue weighted by atomic mass is 79.9. The first-order chi connectivity index (χ1) is 11.5. The molecule has 0 saturated heterocycles. The minimum atomic E-state index is -1.03. The lowest BCUT2D eigenvalue weighted by Gasteiger charge is -2.12. The van der Waals surface area contributed by atoms with Gasteiger partial charge in [0, 0.05) is 27.1 Å². The second-order valence-electron chi connectivity index (χ2n) is 5.28. The molecule has 3 rings (SSSR count). The van der Waals surface area contributed by atoms with Gasteiger partial charge in [-0.1, -0.05) is 34.1 Å². The van der Waals surface area contributed by atoms with Crippen molar-refractivity contribution < 1.29 is 18.7 Å². The molecule has 0 spiro atoms. The fourth-order valence-corrected chi connectivity index (χ4v) is 2.76. The monoisotopic (exact) mass is 389 g/mol. The van der Waals surface area contributed by atoms with Crippen molar-refractivity contribution in [3.05, 3.63) is 70.1 Å². The van der Waals surface area contributed by atoms with Crippen LogP contribution in [0.2, 0.25) is 0 Å². The Balaban J connectivity index is 1.80. The number of esters is 1. The van der Waals surface area contributed by atoms with Crippen LogP contribution in [0, 0.1) is 5.82 Å². The number of nitrogens with one attached hydrogen (secondary N) is 1. The summed E-state index contributed by atoms with van der Waals surface area (Å²) in [6.07, 6.45) is 0.553. The molecule has 0 fully saturated rings. The maximum atomic E-state index is 13.8. The Morgan fingerprint density at radius 1 is 1.17 bits per heavy atom. The number of ketones is 1. The average Bonchev–Trinajstić information content (AvgIpc) is 2.97. The molecule has 6 heteroatoms. The van der Waals surface area contributed by atoms with Gasteiger partial charge in [0.2, 0.25) is 5.78 Å². The Bertz CT molecular complexity index is 935. The molecule has 24 heavy (non-hydrogen) atoms. The third-order valence-corrected chi connectivity index (χ3v) is 4.15. The Morgan fingerprint density at radius 2 is 1.92 bits per heavy atom. The molecule has 2 aromatic carbocycles. The smallest absolute Gasteiger partial charge is 0.341 e. The number of Topliss-reactive ketones (excluding diaryl/α,β-unsaturated/α-hetero) is 1. The zero-order valence-corrected chi connectivity index (χ0v) is 14.3. The van der Waals surface area contributed by atoms with Crippen LogP contribution in [-0.4, -0.2) is 22.8 Å². The number of aromatic amines is 1. The molecular formula is C18H13BrFNO3. The van der Waals surface area contributed by atoms with Crippen molar-refractivity contribution in [3.8, 4) is 0 Å². The predicted molar refractivity (Wildman–Crippen MR) is 91.6 cm³/mol. The standard InChI is InChI=1S/C18H13BrFNO3/c1-10(24-18(23)13-7-6-11(19)8-15(13)20)17(22)14-9-21-16-5-3-2-4-12(14)16/h2-10,21H,1H3/t10-/m0/s1. The van der Waals surface area contributed by atoms with Gasteiger partial charge in [-0.2, -0.15) is 0 Å². The summed E-state index contributed by atoms with van der Waals surface area (Å²) in [6, 6.07) is 11.3. The first-order valence-corrected chi connectivity index (χ1v) is 8.03. The van der Waals surface area contributed by atoms with Crippen LogP contribution in [0.4, 0.5) is 4.39 Å². The van der Waals surface area contributed by atoms with E-state index in [1.54, 1.807) is 6.20 Å². The highest BCUT2D eigenvalue weighted by Gasteiger charge is 2.24. The number of hydrogen-bond acceptors (Lipinski definition) is 3. The van der Waals surface area contributed by atoms with E-state index in [2.05, 4.69) is 20.9 Å². The quantitative estimate of drug-likeness (QED) is 0.527. The molecule has 1 aromatic heterocycles. The molecule has 0 amide bonds. The van der Waals surface area contributed by atoms with Crippen molar-refractivity contribution in [1.82, 2.24) is 4.98 Å². The largest absolute Gasteiger partial charge is 0.451 e. The number of carbonyl (C=O) groups is 2. The summed E-state index contributed by atoms with van der Waals surface area (Å²) in [4.78, 5) is 27.6. The highest BCUT2D eigenvalue weighted by molar-refractivity contribution is 9.10. The van der Waals surface area contributed by atoms with Crippen LogP contribution in [0.25, 0.3) is 10.9 Å². The summed E-state index contributed by atoms with van der Waals surface area (Å²) >= 11 is 3.12. The number of H-pyrrole nitrogens is 1. The van der Waals surface area contributed by atoms with Gasteiger partial charge in [-0.3, -0.25) is 4.79 Å². The summed E-state index contributed by atoms with van der Waals surface area (Å²) in [6.45, 7) is 1.47. The SMILES string of the molecule is C[C@H](OC(=O)c1ccc(Br)cc1F)C(=O)c1c[nH]c2ccccc12.